The van der Waals surface area contributed by atoms with Crippen LogP contribution in [0.4, 0.5) is 5.82 Å². The van der Waals surface area contributed by atoms with Crippen LogP contribution in [0.15, 0.2) is 45.6 Å². The number of aromatic nitrogens is 1. The SMILES string of the molecule is CN(Cc1csc(Br)c1)c1nc2ccccc2cc1CCl. The molecule has 0 aliphatic carbocycles. The summed E-state index contributed by atoms with van der Waals surface area (Å²) in [5, 5.41) is 3.28. The van der Waals surface area contributed by atoms with Gasteiger partial charge in [0, 0.05) is 24.5 Å². The van der Waals surface area contributed by atoms with Gasteiger partial charge in [0.05, 0.1) is 15.2 Å². The molecule has 2 aromatic heterocycles. The summed E-state index contributed by atoms with van der Waals surface area (Å²) in [5.74, 6) is 1.41. The Morgan fingerprint density at radius 3 is 2.81 bits per heavy atom. The maximum atomic E-state index is 6.11. The van der Waals surface area contributed by atoms with Gasteiger partial charge in [0.15, 0.2) is 0 Å². The third-order valence-electron chi connectivity index (χ3n) is 3.33. The second-order valence-corrected chi connectivity index (χ2v) is 7.47. The summed E-state index contributed by atoms with van der Waals surface area (Å²) in [6, 6.07) is 12.4. The van der Waals surface area contributed by atoms with Gasteiger partial charge < -0.3 is 4.90 Å². The molecule has 2 nitrogen and oxygen atoms in total. The molecule has 108 valence electrons. The van der Waals surface area contributed by atoms with E-state index in [9.17, 15) is 0 Å². The average molecular weight is 382 g/mol. The number of fused-ring (bicyclic) bond motifs is 1. The summed E-state index contributed by atoms with van der Waals surface area (Å²) in [6.07, 6.45) is 0. The third kappa shape index (κ3) is 3.23. The number of para-hydroxylation sites is 1. The number of halogens is 2. The van der Waals surface area contributed by atoms with E-state index in [0.29, 0.717) is 5.88 Å². The van der Waals surface area contributed by atoms with Gasteiger partial charge in [0.2, 0.25) is 0 Å². The molecule has 5 heteroatoms. The maximum absolute atomic E-state index is 6.11. The molecular formula is C16H14BrClN2S. The van der Waals surface area contributed by atoms with E-state index in [4.69, 9.17) is 16.6 Å². The van der Waals surface area contributed by atoms with Crippen molar-refractivity contribution in [3.63, 3.8) is 0 Å². The lowest BCUT2D eigenvalue weighted by atomic mass is 10.1. The van der Waals surface area contributed by atoms with Gasteiger partial charge in [-0.2, -0.15) is 0 Å². The highest BCUT2D eigenvalue weighted by molar-refractivity contribution is 9.11. The van der Waals surface area contributed by atoms with Gasteiger partial charge in [-0.05, 0) is 45.1 Å². The fourth-order valence-corrected chi connectivity index (χ4v) is 3.75. The van der Waals surface area contributed by atoms with Crippen molar-refractivity contribution in [3.05, 3.63) is 56.7 Å². The van der Waals surface area contributed by atoms with Crippen LogP contribution in [0, 0.1) is 0 Å². The van der Waals surface area contributed by atoms with Crippen molar-refractivity contribution in [2.45, 2.75) is 12.4 Å². The first kappa shape index (κ1) is 14.8. The normalized spacial score (nSPS) is 11.0. The van der Waals surface area contributed by atoms with E-state index in [0.717, 1.165) is 32.6 Å². The summed E-state index contributed by atoms with van der Waals surface area (Å²) < 4.78 is 1.15. The zero-order chi connectivity index (χ0) is 14.8. The van der Waals surface area contributed by atoms with E-state index < -0.39 is 0 Å². The molecule has 0 radical (unpaired) electrons. The van der Waals surface area contributed by atoms with Crippen molar-refractivity contribution < 1.29 is 0 Å². The zero-order valence-corrected chi connectivity index (χ0v) is 14.7. The predicted molar refractivity (Wildman–Crippen MR) is 95.4 cm³/mol. The first-order valence-corrected chi connectivity index (χ1v) is 8.77. The molecule has 3 aromatic rings. The molecule has 0 saturated heterocycles. The quantitative estimate of drug-likeness (QED) is 0.560. The average Bonchev–Trinajstić information content (AvgIpc) is 2.90. The highest BCUT2D eigenvalue weighted by Crippen LogP contribution is 2.27. The van der Waals surface area contributed by atoms with Crippen molar-refractivity contribution in [1.29, 1.82) is 0 Å². The lowest BCUT2D eigenvalue weighted by Gasteiger charge is -2.21. The highest BCUT2D eigenvalue weighted by Gasteiger charge is 2.12. The van der Waals surface area contributed by atoms with Crippen LogP contribution in [0.3, 0.4) is 0 Å². The minimum atomic E-state index is 0.463. The number of hydrogen-bond donors (Lipinski definition) is 0. The molecule has 0 N–H and O–H groups in total. The third-order valence-corrected chi connectivity index (χ3v) is 5.17. The maximum Gasteiger partial charge on any atom is 0.133 e. The minimum absolute atomic E-state index is 0.463. The molecular weight excluding hydrogens is 368 g/mol. The van der Waals surface area contributed by atoms with Crippen molar-refractivity contribution >= 4 is 55.6 Å². The second kappa shape index (κ2) is 6.34. The fraction of sp³-hybridized carbons (Fsp3) is 0.188. The van der Waals surface area contributed by atoms with Gasteiger partial charge in [-0.3, -0.25) is 0 Å². The Bertz CT molecular complexity index is 772. The fourth-order valence-electron chi connectivity index (χ4n) is 2.36. The van der Waals surface area contributed by atoms with E-state index in [2.05, 4.69) is 51.5 Å². The van der Waals surface area contributed by atoms with Gasteiger partial charge in [0.25, 0.3) is 0 Å². The van der Waals surface area contributed by atoms with E-state index >= 15 is 0 Å². The predicted octanol–water partition coefficient (Wildman–Crippen LogP) is 5.43. The molecule has 0 amide bonds. The Morgan fingerprint density at radius 1 is 1.29 bits per heavy atom. The number of hydrogen-bond acceptors (Lipinski definition) is 3. The van der Waals surface area contributed by atoms with Crippen LogP contribution in [0.5, 0.6) is 0 Å². The molecule has 0 atom stereocenters. The number of pyridine rings is 1. The Balaban J connectivity index is 1.97. The molecule has 0 aliphatic rings. The lowest BCUT2D eigenvalue weighted by Crippen LogP contribution is -2.19. The van der Waals surface area contributed by atoms with E-state index in [1.54, 1.807) is 11.3 Å². The number of nitrogens with zero attached hydrogens (tertiary/aromatic N) is 2. The van der Waals surface area contributed by atoms with Crippen LogP contribution in [-0.2, 0) is 12.4 Å². The zero-order valence-electron chi connectivity index (χ0n) is 11.5. The molecule has 1 aromatic carbocycles. The van der Waals surface area contributed by atoms with Crippen LogP contribution in [0.2, 0.25) is 0 Å². The van der Waals surface area contributed by atoms with Gasteiger partial charge in [0.1, 0.15) is 5.82 Å². The number of alkyl halides is 1. The summed E-state index contributed by atoms with van der Waals surface area (Å²) in [6.45, 7) is 0.817. The molecule has 0 aliphatic heterocycles. The Hall–Kier alpha value is -1.10. The number of anilines is 1. The van der Waals surface area contributed by atoms with Crippen molar-refractivity contribution in [2.24, 2.45) is 0 Å². The molecule has 0 fully saturated rings. The largest absolute Gasteiger partial charge is 0.355 e. The molecule has 0 bridgehead atoms. The first-order valence-electron chi connectivity index (χ1n) is 6.56. The van der Waals surface area contributed by atoms with Crippen LogP contribution >= 0.6 is 38.9 Å². The van der Waals surface area contributed by atoms with Gasteiger partial charge in [-0.15, -0.1) is 22.9 Å². The van der Waals surface area contributed by atoms with Crippen LogP contribution < -0.4 is 4.90 Å². The van der Waals surface area contributed by atoms with Crippen molar-refractivity contribution in [1.82, 2.24) is 4.98 Å². The summed E-state index contributed by atoms with van der Waals surface area (Å²) in [4.78, 5) is 6.93. The van der Waals surface area contributed by atoms with E-state index in [-0.39, 0.29) is 0 Å². The van der Waals surface area contributed by atoms with Crippen LogP contribution in [-0.4, -0.2) is 12.0 Å². The van der Waals surface area contributed by atoms with Gasteiger partial charge in [-0.25, -0.2) is 4.98 Å². The molecule has 0 saturated carbocycles. The van der Waals surface area contributed by atoms with Gasteiger partial charge >= 0.3 is 0 Å². The second-order valence-electron chi connectivity index (χ2n) is 4.91. The first-order chi connectivity index (χ1) is 10.2. The molecule has 0 unspecified atom stereocenters. The number of benzene rings is 1. The standard InChI is InChI=1S/C16H14BrClN2S/c1-20(9-11-6-15(17)21-10-11)16-13(8-18)7-12-4-2-3-5-14(12)19-16/h2-7,10H,8-9H2,1H3. The number of thiophene rings is 1. The molecule has 3 rings (SSSR count). The molecule has 2 heterocycles. The van der Waals surface area contributed by atoms with Crippen LogP contribution in [0.1, 0.15) is 11.1 Å². The van der Waals surface area contributed by atoms with Crippen LogP contribution in [0.25, 0.3) is 10.9 Å². The van der Waals surface area contributed by atoms with Crippen molar-refractivity contribution in [2.75, 3.05) is 11.9 Å². The molecule has 0 spiro atoms. The summed E-state index contributed by atoms with van der Waals surface area (Å²) in [7, 11) is 2.05. The smallest absolute Gasteiger partial charge is 0.133 e. The summed E-state index contributed by atoms with van der Waals surface area (Å²) in [5.41, 5.74) is 3.33. The van der Waals surface area contributed by atoms with Gasteiger partial charge in [-0.1, -0.05) is 18.2 Å². The van der Waals surface area contributed by atoms with Crippen molar-refractivity contribution in [3.8, 4) is 0 Å². The van der Waals surface area contributed by atoms with E-state index in [1.165, 1.54) is 5.56 Å². The minimum Gasteiger partial charge on any atom is -0.355 e. The topological polar surface area (TPSA) is 16.1 Å². The monoisotopic (exact) mass is 380 g/mol. The Labute approximate surface area is 141 Å². The highest BCUT2D eigenvalue weighted by atomic mass is 79.9. The van der Waals surface area contributed by atoms with E-state index in [1.807, 2.05) is 18.2 Å². The summed E-state index contributed by atoms with van der Waals surface area (Å²) >= 11 is 11.3. The Morgan fingerprint density at radius 2 is 2.10 bits per heavy atom. The number of rotatable bonds is 4. The molecule has 21 heavy (non-hydrogen) atoms. The Kier molecular flexibility index (Phi) is 4.48. The lowest BCUT2D eigenvalue weighted by molar-refractivity contribution is 0.898.